The van der Waals surface area contributed by atoms with Crippen molar-refractivity contribution < 1.29 is 38.9 Å². The van der Waals surface area contributed by atoms with Crippen LogP contribution in [0, 0.1) is 39.9 Å². The van der Waals surface area contributed by atoms with Crippen LogP contribution in [0.5, 0.6) is 0 Å². The van der Waals surface area contributed by atoms with Gasteiger partial charge in [0.25, 0.3) is 5.91 Å². The van der Waals surface area contributed by atoms with Crippen LogP contribution in [0.2, 0.25) is 5.02 Å². The number of amides is 1. The number of esters is 1. The molecule has 0 radical (unpaired) electrons. The number of carbonyl (C=O) groups is 4. The highest BCUT2D eigenvalue weighted by molar-refractivity contribution is 6.33. The van der Waals surface area contributed by atoms with Crippen LogP contribution in [-0.4, -0.2) is 76.2 Å². The number of rotatable bonds is 3. The van der Waals surface area contributed by atoms with E-state index in [1.54, 1.807) is 29.2 Å². The third-order valence-electron chi connectivity index (χ3n) is 12.1. The number of hydrogen-bond acceptors (Lipinski definition) is 8. The molecule has 8 atom stereocenters. The highest BCUT2D eigenvalue weighted by atomic mass is 35.5. The van der Waals surface area contributed by atoms with E-state index < -0.39 is 69.7 Å². The normalized spacial score (nSPS) is 41.6. The Morgan fingerprint density at radius 3 is 2.51 bits per heavy atom. The molecule has 7 fully saturated rings. The summed E-state index contributed by atoms with van der Waals surface area (Å²) in [6, 6.07) is 6.84. The molecule has 1 amide bonds. The first-order chi connectivity index (χ1) is 20.3. The summed E-state index contributed by atoms with van der Waals surface area (Å²) in [5.41, 5.74) is -2.83. The average molecular weight is 612 g/mol. The van der Waals surface area contributed by atoms with Gasteiger partial charge in [0, 0.05) is 31.3 Å². The Balaban J connectivity index is 1.18. The fraction of sp³-hybridized carbons (Fsp3) is 0.636. The van der Waals surface area contributed by atoms with Crippen LogP contribution >= 0.6 is 11.6 Å². The van der Waals surface area contributed by atoms with Crippen LogP contribution in [0.25, 0.3) is 0 Å². The second kappa shape index (κ2) is 9.46. The molecule has 43 heavy (non-hydrogen) atoms. The predicted octanol–water partition coefficient (Wildman–Crippen LogP) is 3.34. The average Bonchev–Trinajstić information content (AvgIpc) is 3.10. The number of fused-ring (bicyclic) bond motifs is 2. The van der Waals surface area contributed by atoms with Crippen LogP contribution in [0.15, 0.2) is 36.4 Å². The summed E-state index contributed by atoms with van der Waals surface area (Å²) in [6.07, 6.45) is -0.122. The maximum atomic E-state index is 14.3. The van der Waals surface area contributed by atoms with E-state index in [1.165, 1.54) is 0 Å². The lowest BCUT2D eigenvalue weighted by Gasteiger charge is -2.73. The molecule has 2 spiro atoms. The lowest BCUT2D eigenvalue weighted by atomic mass is 9.36. The highest BCUT2D eigenvalue weighted by Crippen LogP contribution is 2.76. The third-order valence-corrected chi connectivity index (χ3v) is 12.4. The Hall–Kier alpha value is -2.59. The molecule has 4 saturated carbocycles. The third kappa shape index (κ3) is 3.51. The number of likely N-dealkylation sites (tertiary alicyclic amines) is 1. The van der Waals surface area contributed by atoms with Gasteiger partial charge in [0.1, 0.15) is 23.4 Å². The van der Waals surface area contributed by atoms with Crippen molar-refractivity contribution in [3.63, 3.8) is 0 Å². The first kappa shape index (κ1) is 29.1. The van der Waals surface area contributed by atoms with Gasteiger partial charge in [-0.25, -0.2) is 0 Å². The molecular formula is C33H38ClNO8. The lowest BCUT2D eigenvalue weighted by molar-refractivity contribution is -0.437. The standard InChI is InChI=1S/C33H38ClNO8/c1-17-19-8-9-22-31-16-42-33(41,26(38)24(31)30(2,3)13-10-23(31)36)32(22,25(17)37)27(19)43-29(40)18-11-14-35(15-12-18)28(39)20-6-4-5-7-21(20)34/h4-7,18-19,22,24,26-27,38,41H,1,8-16H2,2-3H3/t19-,22-,24+,26-,27+,31+,32-,33+/m0/s1. The zero-order chi connectivity index (χ0) is 30.7. The Labute approximate surface area is 255 Å². The molecule has 9 nitrogen and oxygen atoms in total. The molecule has 4 aliphatic carbocycles. The van der Waals surface area contributed by atoms with Crippen molar-refractivity contribution in [2.45, 2.75) is 70.4 Å². The van der Waals surface area contributed by atoms with Gasteiger partial charge in [-0.15, -0.1) is 0 Å². The van der Waals surface area contributed by atoms with Gasteiger partial charge in [-0.3, -0.25) is 19.2 Å². The van der Waals surface area contributed by atoms with Crippen molar-refractivity contribution in [3.8, 4) is 0 Å². The van der Waals surface area contributed by atoms with E-state index in [-0.39, 0.29) is 23.9 Å². The number of piperidine rings is 1. The summed E-state index contributed by atoms with van der Waals surface area (Å²) in [5.74, 6) is -5.94. The second-order valence-corrected chi connectivity index (χ2v) is 14.6. The first-order valence-corrected chi connectivity index (χ1v) is 15.8. The number of aliphatic hydroxyl groups excluding tert-OH is 1. The van der Waals surface area contributed by atoms with Crippen LogP contribution < -0.4 is 0 Å². The molecule has 1 aromatic carbocycles. The van der Waals surface area contributed by atoms with Gasteiger partial charge in [-0.05, 0) is 61.1 Å². The largest absolute Gasteiger partial charge is 0.460 e. The Morgan fingerprint density at radius 1 is 1.12 bits per heavy atom. The minimum atomic E-state index is -2.33. The Kier molecular flexibility index (Phi) is 6.41. The fourth-order valence-electron chi connectivity index (χ4n) is 10.1. The van der Waals surface area contributed by atoms with E-state index in [0.717, 1.165) is 0 Å². The SMILES string of the molecule is C=C1C(=O)[C@]23[C@H](OC(=O)C4CCN(C(=O)c5ccccc5Cl)CC4)[C@H]1CC[C@H]2[C@@]12CO[C@]3(O)[C@@H](O)[C@@H]1C(C)(C)CCC2=O. The molecule has 3 heterocycles. The molecule has 230 valence electrons. The van der Waals surface area contributed by atoms with Crippen LogP contribution in [0.3, 0.4) is 0 Å². The number of ether oxygens (including phenoxy) is 2. The van der Waals surface area contributed by atoms with E-state index in [2.05, 4.69) is 6.58 Å². The molecule has 10 heteroatoms. The molecule has 8 rings (SSSR count). The molecule has 1 aromatic rings. The minimum absolute atomic E-state index is 0.0635. The van der Waals surface area contributed by atoms with Gasteiger partial charge in [-0.2, -0.15) is 0 Å². The maximum absolute atomic E-state index is 14.3. The maximum Gasteiger partial charge on any atom is 0.309 e. The predicted molar refractivity (Wildman–Crippen MR) is 154 cm³/mol. The van der Waals surface area contributed by atoms with E-state index >= 15 is 0 Å². The summed E-state index contributed by atoms with van der Waals surface area (Å²) in [7, 11) is 0. The van der Waals surface area contributed by atoms with Crippen molar-refractivity contribution in [1.29, 1.82) is 0 Å². The molecule has 0 aromatic heterocycles. The van der Waals surface area contributed by atoms with Crippen molar-refractivity contribution in [2.75, 3.05) is 19.7 Å². The molecule has 2 N–H and O–H groups in total. The number of Topliss-reactive ketones (excluding diaryl/α,β-unsaturated/α-hetero) is 2. The van der Waals surface area contributed by atoms with Gasteiger partial charge in [-0.1, -0.05) is 44.2 Å². The number of nitrogens with zero attached hydrogens (tertiary/aromatic N) is 1. The minimum Gasteiger partial charge on any atom is -0.460 e. The zero-order valence-electron chi connectivity index (χ0n) is 24.5. The van der Waals surface area contributed by atoms with E-state index in [9.17, 15) is 29.4 Å². The van der Waals surface area contributed by atoms with Crippen molar-refractivity contribution in [2.24, 2.45) is 39.9 Å². The number of hydrogen-bond donors (Lipinski definition) is 2. The zero-order valence-corrected chi connectivity index (χ0v) is 25.3. The van der Waals surface area contributed by atoms with Crippen molar-refractivity contribution >= 4 is 35.0 Å². The highest BCUT2D eigenvalue weighted by Gasteiger charge is 2.88. The number of benzene rings is 1. The summed E-state index contributed by atoms with van der Waals surface area (Å²) >= 11 is 6.23. The number of aliphatic hydroxyl groups is 2. The monoisotopic (exact) mass is 611 g/mol. The van der Waals surface area contributed by atoms with E-state index in [1.807, 2.05) is 13.8 Å². The summed E-state index contributed by atoms with van der Waals surface area (Å²) < 4.78 is 12.3. The first-order valence-electron chi connectivity index (χ1n) is 15.4. The van der Waals surface area contributed by atoms with Crippen LogP contribution in [0.4, 0.5) is 0 Å². The summed E-state index contributed by atoms with van der Waals surface area (Å²) in [5, 5.41) is 24.6. The van der Waals surface area contributed by atoms with Crippen LogP contribution in [-0.2, 0) is 23.9 Å². The van der Waals surface area contributed by atoms with Gasteiger partial charge in [0.2, 0.25) is 5.79 Å². The summed E-state index contributed by atoms with van der Waals surface area (Å²) in [4.78, 5) is 56.6. The fourth-order valence-corrected chi connectivity index (χ4v) is 10.3. The quantitative estimate of drug-likeness (QED) is 0.393. The number of ketones is 2. The van der Waals surface area contributed by atoms with Gasteiger partial charge in [0.15, 0.2) is 5.78 Å². The second-order valence-electron chi connectivity index (χ2n) is 14.2. The Bertz CT molecular complexity index is 1450. The molecular weight excluding hydrogens is 574 g/mol. The molecule has 7 aliphatic rings. The number of halogens is 1. The smallest absolute Gasteiger partial charge is 0.309 e. The molecule has 3 saturated heterocycles. The molecule has 3 aliphatic heterocycles. The summed E-state index contributed by atoms with van der Waals surface area (Å²) in [6.45, 7) is 8.63. The van der Waals surface area contributed by atoms with Gasteiger partial charge < -0.3 is 24.6 Å². The van der Waals surface area contributed by atoms with E-state index in [4.69, 9.17) is 21.1 Å². The topological polar surface area (TPSA) is 130 Å². The van der Waals surface area contributed by atoms with Gasteiger partial charge >= 0.3 is 5.97 Å². The molecule has 4 bridgehead atoms. The van der Waals surface area contributed by atoms with Gasteiger partial charge in [0.05, 0.1) is 28.5 Å². The van der Waals surface area contributed by atoms with Crippen molar-refractivity contribution in [3.05, 3.63) is 47.0 Å². The van der Waals surface area contributed by atoms with Crippen LogP contribution in [0.1, 0.15) is 62.7 Å². The lowest BCUT2D eigenvalue weighted by Crippen LogP contribution is -2.85. The van der Waals surface area contributed by atoms with Crippen molar-refractivity contribution in [1.82, 2.24) is 4.90 Å². The number of carbonyl (C=O) groups excluding carboxylic acids is 4. The molecule has 0 unspecified atom stereocenters. The Morgan fingerprint density at radius 2 is 1.81 bits per heavy atom. The van der Waals surface area contributed by atoms with E-state index in [0.29, 0.717) is 62.2 Å².